The molecule has 5 nitrogen and oxygen atoms in total. The number of benzene rings is 1. The van der Waals surface area contributed by atoms with E-state index in [2.05, 4.69) is 10.2 Å². The number of morpholine rings is 1. The van der Waals surface area contributed by atoms with Gasteiger partial charge >= 0.3 is 0 Å². The fourth-order valence-electron chi connectivity index (χ4n) is 2.36. The van der Waals surface area contributed by atoms with Crippen molar-refractivity contribution in [2.75, 3.05) is 57.9 Å². The van der Waals surface area contributed by atoms with E-state index in [1.54, 1.807) is 0 Å². The summed E-state index contributed by atoms with van der Waals surface area (Å²) in [5.74, 6) is 1.75. The van der Waals surface area contributed by atoms with Crippen molar-refractivity contribution >= 4 is 5.69 Å². The first-order chi connectivity index (χ1) is 10.3. The van der Waals surface area contributed by atoms with Crippen LogP contribution in [0, 0.1) is 0 Å². The van der Waals surface area contributed by atoms with E-state index in [0.29, 0.717) is 13.2 Å². The number of nitrogens with zero attached hydrogens (tertiary/aromatic N) is 1. The number of hydrogen-bond acceptors (Lipinski definition) is 5. The molecule has 0 amide bonds. The number of nitrogens with one attached hydrogen (secondary N) is 1. The normalized spacial score (nSPS) is 15.7. The predicted molar refractivity (Wildman–Crippen MR) is 84.5 cm³/mol. The van der Waals surface area contributed by atoms with Crippen molar-refractivity contribution in [3.05, 3.63) is 18.2 Å². The molecule has 1 aromatic rings. The molecule has 1 heterocycles. The van der Waals surface area contributed by atoms with E-state index >= 15 is 0 Å². The molecule has 0 spiro atoms. The molecular formula is C16H26N2O3. The van der Waals surface area contributed by atoms with Gasteiger partial charge in [0.05, 0.1) is 32.1 Å². The molecule has 0 atom stereocenters. The Bertz CT molecular complexity index is 420. The van der Waals surface area contributed by atoms with Crippen LogP contribution in [-0.2, 0) is 4.74 Å². The third-order valence-corrected chi connectivity index (χ3v) is 3.41. The summed E-state index contributed by atoms with van der Waals surface area (Å²) in [6.07, 6.45) is 0. The zero-order valence-corrected chi connectivity index (χ0v) is 13.1. The highest BCUT2D eigenvalue weighted by atomic mass is 16.5. The van der Waals surface area contributed by atoms with Crippen LogP contribution < -0.4 is 14.8 Å². The molecule has 5 heteroatoms. The molecule has 1 saturated heterocycles. The number of ether oxygens (including phenoxy) is 3. The SMILES string of the molecule is CCOc1ccc(OCC)c(NCCN2CCOCC2)c1. The van der Waals surface area contributed by atoms with E-state index in [0.717, 1.165) is 56.6 Å². The van der Waals surface area contributed by atoms with Crippen LogP contribution in [0.25, 0.3) is 0 Å². The number of rotatable bonds is 8. The lowest BCUT2D eigenvalue weighted by atomic mass is 10.2. The molecule has 1 aliphatic rings. The van der Waals surface area contributed by atoms with Gasteiger partial charge in [0.2, 0.25) is 0 Å². The minimum Gasteiger partial charge on any atom is -0.494 e. The van der Waals surface area contributed by atoms with Crippen molar-refractivity contribution in [2.24, 2.45) is 0 Å². The average Bonchev–Trinajstić information content (AvgIpc) is 2.51. The molecule has 1 fully saturated rings. The Morgan fingerprint density at radius 1 is 1.14 bits per heavy atom. The maximum absolute atomic E-state index is 5.66. The maximum atomic E-state index is 5.66. The van der Waals surface area contributed by atoms with Crippen molar-refractivity contribution in [1.29, 1.82) is 0 Å². The Hall–Kier alpha value is -1.46. The summed E-state index contributed by atoms with van der Waals surface area (Å²) in [7, 11) is 0. The summed E-state index contributed by atoms with van der Waals surface area (Å²) >= 11 is 0. The smallest absolute Gasteiger partial charge is 0.142 e. The minimum atomic E-state index is 0.659. The van der Waals surface area contributed by atoms with Crippen molar-refractivity contribution in [3.8, 4) is 11.5 Å². The van der Waals surface area contributed by atoms with Crippen LogP contribution in [0.3, 0.4) is 0 Å². The lowest BCUT2D eigenvalue weighted by molar-refractivity contribution is 0.0398. The van der Waals surface area contributed by atoms with Gasteiger partial charge in [0.25, 0.3) is 0 Å². The van der Waals surface area contributed by atoms with Gasteiger partial charge in [0.1, 0.15) is 11.5 Å². The average molecular weight is 294 g/mol. The maximum Gasteiger partial charge on any atom is 0.142 e. The minimum absolute atomic E-state index is 0.659. The molecule has 0 aliphatic carbocycles. The molecule has 1 aliphatic heterocycles. The fraction of sp³-hybridized carbons (Fsp3) is 0.625. The Kier molecular flexibility index (Phi) is 6.63. The first kappa shape index (κ1) is 15.9. The second-order valence-corrected chi connectivity index (χ2v) is 4.90. The van der Waals surface area contributed by atoms with Gasteiger partial charge in [-0.15, -0.1) is 0 Å². The van der Waals surface area contributed by atoms with E-state index in [4.69, 9.17) is 14.2 Å². The van der Waals surface area contributed by atoms with Gasteiger partial charge in [0, 0.05) is 32.2 Å². The first-order valence-electron chi connectivity index (χ1n) is 7.77. The Morgan fingerprint density at radius 2 is 1.90 bits per heavy atom. The van der Waals surface area contributed by atoms with E-state index < -0.39 is 0 Å². The standard InChI is InChI=1S/C16H26N2O3/c1-3-20-14-5-6-16(21-4-2)15(13-14)17-7-8-18-9-11-19-12-10-18/h5-6,13,17H,3-4,7-12H2,1-2H3. The molecule has 118 valence electrons. The second-order valence-electron chi connectivity index (χ2n) is 4.90. The largest absolute Gasteiger partial charge is 0.494 e. The first-order valence-corrected chi connectivity index (χ1v) is 7.77. The van der Waals surface area contributed by atoms with E-state index in [1.165, 1.54) is 0 Å². The van der Waals surface area contributed by atoms with E-state index in [-0.39, 0.29) is 0 Å². The summed E-state index contributed by atoms with van der Waals surface area (Å²) < 4.78 is 16.6. The molecule has 2 rings (SSSR count). The van der Waals surface area contributed by atoms with Gasteiger partial charge in [-0.05, 0) is 26.0 Å². The highest BCUT2D eigenvalue weighted by Gasteiger charge is 2.10. The number of hydrogen-bond donors (Lipinski definition) is 1. The highest BCUT2D eigenvalue weighted by molar-refractivity contribution is 5.59. The second kappa shape index (κ2) is 8.74. The van der Waals surface area contributed by atoms with Crippen LogP contribution in [0.4, 0.5) is 5.69 Å². The van der Waals surface area contributed by atoms with Crippen molar-refractivity contribution in [1.82, 2.24) is 4.90 Å². The summed E-state index contributed by atoms with van der Waals surface area (Å²) in [5, 5.41) is 3.46. The van der Waals surface area contributed by atoms with Gasteiger partial charge in [0.15, 0.2) is 0 Å². The monoisotopic (exact) mass is 294 g/mol. The van der Waals surface area contributed by atoms with Crippen LogP contribution in [0.5, 0.6) is 11.5 Å². The van der Waals surface area contributed by atoms with Crippen LogP contribution in [0.15, 0.2) is 18.2 Å². The van der Waals surface area contributed by atoms with E-state index in [1.807, 2.05) is 32.0 Å². The van der Waals surface area contributed by atoms with Gasteiger partial charge in [-0.25, -0.2) is 0 Å². The molecule has 21 heavy (non-hydrogen) atoms. The third kappa shape index (κ3) is 5.10. The van der Waals surface area contributed by atoms with Crippen molar-refractivity contribution in [3.63, 3.8) is 0 Å². The Morgan fingerprint density at radius 3 is 2.62 bits per heavy atom. The van der Waals surface area contributed by atoms with Gasteiger partial charge in [-0.2, -0.15) is 0 Å². The van der Waals surface area contributed by atoms with Crippen LogP contribution in [0.1, 0.15) is 13.8 Å². The van der Waals surface area contributed by atoms with E-state index in [9.17, 15) is 0 Å². The molecule has 0 unspecified atom stereocenters. The molecule has 1 aromatic carbocycles. The van der Waals surface area contributed by atoms with Crippen molar-refractivity contribution < 1.29 is 14.2 Å². The zero-order chi connectivity index (χ0) is 14.9. The third-order valence-electron chi connectivity index (χ3n) is 3.41. The zero-order valence-electron chi connectivity index (χ0n) is 13.1. The lowest BCUT2D eigenvalue weighted by Crippen LogP contribution is -2.39. The molecule has 0 bridgehead atoms. The van der Waals surface area contributed by atoms with Crippen LogP contribution in [0.2, 0.25) is 0 Å². The summed E-state index contributed by atoms with van der Waals surface area (Å²) in [5.41, 5.74) is 0.996. The lowest BCUT2D eigenvalue weighted by Gasteiger charge is -2.26. The van der Waals surface area contributed by atoms with Crippen LogP contribution in [-0.4, -0.2) is 57.5 Å². The Labute approximate surface area is 127 Å². The molecule has 0 saturated carbocycles. The summed E-state index contributed by atoms with van der Waals surface area (Å²) in [6, 6.07) is 5.92. The van der Waals surface area contributed by atoms with Crippen molar-refractivity contribution in [2.45, 2.75) is 13.8 Å². The molecule has 1 N–H and O–H groups in total. The fourth-order valence-corrected chi connectivity index (χ4v) is 2.36. The van der Waals surface area contributed by atoms with Gasteiger partial charge < -0.3 is 19.5 Å². The summed E-state index contributed by atoms with van der Waals surface area (Å²) in [4.78, 5) is 2.41. The van der Waals surface area contributed by atoms with Gasteiger partial charge in [-0.1, -0.05) is 0 Å². The predicted octanol–water partition coefficient (Wildman–Crippen LogP) is 2.23. The molecule has 0 aromatic heterocycles. The summed E-state index contributed by atoms with van der Waals surface area (Å²) in [6.45, 7) is 10.9. The number of anilines is 1. The topological polar surface area (TPSA) is 43.0 Å². The molecule has 0 radical (unpaired) electrons. The Balaban J connectivity index is 1.90. The quantitative estimate of drug-likeness (QED) is 0.796. The molecular weight excluding hydrogens is 268 g/mol. The van der Waals surface area contributed by atoms with Crippen LogP contribution >= 0.6 is 0 Å². The highest BCUT2D eigenvalue weighted by Crippen LogP contribution is 2.29. The van der Waals surface area contributed by atoms with Gasteiger partial charge in [-0.3, -0.25) is 4.90 Å².